The molecule has 0 saturated carbocycles. The van der Waals surface area contributed by atoms with E-state index >= 15 is 0 Å². The first-order valence-corrected chi connectivity index (χ1v) is 6.42. The minimum absolute atomic E-state index is 0.479. The van der Waals surface area contributed by atoms with Gasteiger partial charge in [-0.25, -0.2) is 9.97 Å². The van der Waals surface area contributed by atoms with Gasteiger partial charge in [-0.05, 0) is 25.5 Å². The summed E-state index contributed by atoms with van der Waals surface area (Å²) in [6.45, 7) is 3.83. The molecule has 0 fully saturated rings. The summed E-state index contributed by atoms with van der Waals surface area (Å²) in [6.07, 6.45) is 3.41. The Kier molecular flexibility index (Phi) is 2.76. The van der Waals surface area contributed by atoms with Crippen molar-refractivity contribution in [3.63, 3.8) is 0 Å². The van der Waals surface area contributed by atoms with Gasteiger partial charge in [0.15, 0.2) is 0 Å². The Labute approximate surface area is 117 Å². The number of nitriles is 1. The second kappa shape index (κ2) is 4.46. The van der Waals surface area contributed by atoms with Gasteiger partial charge in [-0.15, -0.1) is 0 Å². The molecule has 3 aromatic rings. The lowest BCUT2D eigenvalue weighted by atomic mass is 9.86. The molecular weight excluding hydrogens is 248 g/mol. The Balaban J connectivity index is 2.08. The highest BCUT2D eigenvalue weighted by Crippen LogP contribution is 2.28. The maximum Gasteiger partial charge on any atom is 0.141 e. The SMILES string of the molecule is CC(C)(C#N)c1ccc(-c2ncnc3[nH]ccc23)cc1. The Hall–Kier alpha value is -2.67. The first kappa shape index (κ1) is 12.4. The zero-order valence-electron chi connectivity index (χ0n) is 11.4. The highest BCUT2D eigenvalue weighted by molar-refractivity contribution is 5.90. The van der Waals surface area contributed by atoms with Crippen molar-refractivity contribution in [3.8, 4) is 17.3 Å². The van der Waals surface area contributed by atoms with E-state index in [1.54, 1.807) is 6.33 Å². The molecule has 0 saturated heterocycles. The molecule has 0 atom stereocenters. The molecule has 0 aliphatic carbocycles. The molecular formula is C16H14N4. The second-order valence-electron chi connectivity index (χ2n) is 5.28. The van der Waals surface area contributed by atoms with Crippen molar-refractivity contribution in [2.45, 2.75) is 19.3 Å². The summed E-state index contributed by atoms with van der Waals surface area (Å²) in [5, 5.41) is 10.2. The van der Waals surface area contributed by atoms with Crippen LogP contribution in [0.2, 0.25) is 0 Å². The molecule has 20 heavy (non-hydrogen) atoms. The van der Waals surface area contributed by atoms with E-state index in [-0.39, 0.29) is 0 Å². The molecule has 2 aromatic heterocycles. The minimum Gasteiger partial charge on any atom is -0.346 e. The summed E-state index contributed by atoms with van der Waals surface area (Å²) >= 11 is 0. The topological polar surface area (TPSA) is 65.4 Å². The normalized spacial score (nSPS) is 11.4. The smallest absolute Gasteiger partial charge is 0.141 e. The van der Waals surface area contributed by atoms with E-state index in [0.29, 0.717) is 0 Å². The van der Waals surface area contributed by atoms with Crippen LogP contribution in [0.25, 0.3) is 22.3 Å². The predicted octanol–water partition coefficient (Wildman–Crippen LogP) is 3.43. The van der Waals surface area contributed by atoms with Crippen molar-refractivity contribution >= 4 is 11.0 Å². The Morgan fingerprint density at radius 1 is 1.10 bits per heavy atom. The van der Waals surface area contributed by atoms with Gasteiger partial charge < -0.3 is 4.98 Å². The van der Waals surface area contributed by atoms with E-state index in [9.17, 15) is 5.26 Å². The van der Waals surface area contributed by atoms with E-state index in [0.717, 1.165) is 27.9 Å². The molecule has 4 nitrogen and oxygen atoms in total. The highest BCUT2D eigenvalue weighted by atomic mass is 14.9. The summed E-state index contributed by atoms with van der Waals surface area (Å²) in [6, 6.07) is 12.3. The van der Waals surface area contributed by atoms with Gasteiger partial charge in [0.2, 0.25) is 0 Å². The monoisotopic (exact) mass is 262 g/mol. The van der Waals surface area contributed by atoms with Crippen molar-refractivity contribution in [3.05, 3.63) is 48.4 Å². The number of aromatic amines is 1. The van der Waals surface area contributed by atoms with Gasteiger partial charge in [-0.2, -0.15) is 5.26 Å². The first-order valence-electron chi connectivity index (χ1n) is 6.42. The summed E-state index contributed by atoms with van der Waals surface area (Å²) in [5.74, 6) is 0. The molecule has 0 bridgehead atoms. The third kappa shape index (κ3) is 1.94. The van der Waals surface area contributed by atoms with Crippen LogP contribution in [0.3, 0.4) is 0 Å². The number of aromatic nitrogens is 3. The first-order chi connectivity index (χ1) is 9.62. The standard InChI is InChI=1S/C16H14N4/c1-16(2,9-17)12-5-3-11(4-6-12)14-13-7-8-18-15(13)20-10-19-14/h3-8,10H,1-2H3,(H,18,19,20). The second-order valence-corrected chi connectivity index (χ2v) is 5.28. The summed E-state index contributed by atoms with van der Waals surface area (Å²) in [5.41, 5.74) is 3.28. The molecule has 0 spiro atoms. The van der Waals surface area contributed by atoms with Crippen molar-refractivity contribution in [2.75, 3.05) is 0 Å². The Morgan fingerprint density at radius 3 is 2.55 bits per heavy atom. The number of rotatable bonds is 2. The molecule has 0 aliphatic rings. The van der Waals surface area contributed by atoms with Crippen LogP contribution in [0.1, 0.15) is 19.4 Å². The molecule has 98 valence electrons. The summed E-state index contributed by atoms with van der Waals surface area (Å²) < 4.78 is 0. The van der Waals surface area contributed by atoms with E-state index in [4.69, 9.17) is 0 Å². The van der Waals surface area contributed by atoms with Crippen LogP contribution in [0.4, 0.5) is 0 Å². The zero-order valence-corrected chi connectivity index (χ0v) is 11.4. The van der Waals surface area contributed by atoms with Crippen LogP contribution in [0.15, 0.2) is 42.9 Å². The molecule has 3 rings (SSSR count). The van der Waals surface area contributed by atoms with Crippen LogP contribution in [-0.2, 0) is 5.41 Å². The number of benzene rings is 1. The maximum absolute atomic E-state index is 9.17. The average molecular weight is 262 g/mol. The van der Waals surface area contributed by atoms with E-state index in [1.807, 2.05) is 50.4 Å². The number of hydrogen-bond donors (Lipinski definition) is 1. The summed E-state index contributed by atoms with van der Waals surface area (Å²) in [4.78, 5) is 11.6. The summed E-state index contributed by atoms with van der Waals surface area (Å²) in [7, 11) is 0. The van der Waals surface area contributed by atoms with Gasteiger partial charge in [0.05, 0.1) is 17.2 Å². The number of nitrogens with zero attached hydrogens (tertiary/aromatic N) is 3. The van der Waals surface area contributed by atoms with E-state index in [1.165, 1.54) is 0 Å². The van der Waals surface area contributed by atoms with Crippen LogP contribution < -0.4 is 0 Å². The van der Waals surface area contributed by atoms with Crippen molar-refractivity contribution in [1.82, 2.24) is 15.0 Å². The maximum atomic E-state index is 9.17. The van der Waals surface area contributed by atoms with Crippen LogP contribution >= 0.6 is 0 Å². The van der Waals surface area contributed by atoms with Crippen LogP contribution in [0, 0.1) is 11.3 Å². The van der Waals surface area contributed by atoms with Gasteiger partial charge >= 0.3 is 0 Å². The number of fused-ring (bicyclic) bond motifs is 1. The van der Waals surface area contributed by atoms with Gasteiger partial charge in [-0.3, -0.25) is 0 Å². The molecule has 0 unspecified atom stereocenters. The quantitative estimate of drug-likeness (QED) is 0.769. The van der Waals surface area contributed by atoms with Crippen LogP contribution in [0.5, 0.6) is 0 Å². The molecule has 1 N–H and O–H groups in total. The lowest BCUT2D eigenvalue weighted by Gasteiger charge is -2.15. The Bertz CT molecular complexity index is 791. The lowest BCUT2D eigenvalue weighted by molar-refractivity contribution is 0.687. The third-order valence-electron chi connectivity index (χ3n) is 3.51. The minimum atomic E-state index is -0.479. The number of nitrogens with one attached hydrogen (secondary N) is 1. The molecule has 2 heterocycles. The predicted molar refractivity (Wildman–Crippen MR) is 78.0 cm³/mol. The molecule has 0 amide bonds. The van der Waals surface area contributed by atoms with Crippen molar-refractivity contribution in [1.29, 1.82) is 5.26 Å². The van der Waals surface area contributed by atoms with Gasteiger partial charge in [-0.1, -0.05) is 24.3 Å². The van der Waals surface area contributed by atoms with Crippen molar-refractivity contribution in [2.24, 2.45) is 0 Å². The number of hydrogen-bond acceptors (Lipinski definition) is 3. The highest BCUT2D eigenvalue weighted by Gasteiger charge is 2.19. The lowest BCUT2D eigenvalue weighted by Crippen LogP contribution is -2.13. The molecule has 0 radical (unpaired) electrons. The number of H-pyrrole nitrogens is 1. The fourth-order valence-electron chi connectivity index (χ4n) is 2.21. The van der Waals surface area contributed by atoms with Gasteiger partial charge in [0.25, 0.3) is 0 Å². The molecule has 1 aromatic carbocycles. The fraction of sp³-hybridized carbons (Fsp3) is 0.188. The van der Waals surface area contributed by atoms with Gasteiger partial charge in [0.1, 0.15) is 12.0 Å². The Morgan fingerprint density at radius 2 is 1.85 bits per heavy atom. The van der Waals surface area contributed by atoms with Crippen molar-refractivity contribution < 1.29 is 0 Å². The fourth-order valence-corrected chi connectivity index (χ4v) is 2.21. The molecule has 4 heteroatoms. The third-order valence-corrected chi connectivity index (χ3v) is 3.51. The molecule has 0 aliphatic heterocycles. The van der Waals surface area contributed by atoms with Crippen LogP contribution in [-0.4, -0.2) is 15.0 Å². The van der Waals surface area contributed by atoms with E-state index in [2.05, 4.69) is 21.0 Å². The van der Waals surface area contributed by atoms with E-state index < -0.39 is 5.41 Å². The van der Waals surface area contributed by atoms with Gasteiger partial charge in [0, 0.05) is 17.1 Å². The average Bonchev–Trinajstić information content (AvgIpc) is 2.95. The largest absolute Gasteiger partial charge is 0.346 e. The zero-order chi connectivity index (χ0) is 14.2.